The van der Waals surface area contributed by atoms with E-state index in [2.05, 4.69) is 26.6 Å². The minimum absolute atomic E-state index is 0.0643. The summed E-state index contributed by atoms with van der Waals surface area (Å²) in [6, 6.07) is 4.85. The van der Waals surface area contributed by atoms with Gasteiger partial charge in [-0.15, -0.1) is 0 Å². The maximum absolute atomic E-state index is 11.9. The van der Waals surface area contributed by atoms with E-state index in [0.717, 1.165) is 0 Å². The van der Waals surface area contributed by atoms with Crippen molar-refractivity contribution < 1.29 is 9.59 Å². The molecule has 0 saturated heterocycles. The van der Waals surface area contributed by atoms with Gasteiger partial charge in [-0.05, 0) is 54.9 Å². The van der Waals surface area contributed by atoms with Crippen molar-refractivity contribution in [3.8, 4) is 0 Å². The molecule has 0 saturated carbocycles. The van der Waals surface area contributed by atoms with E-state index in [9.17, 15) is 9.59 Å². The van der Waals surface area contributed by atoms with E-state index in [1.807, 2.05) is 20.8 Å². The van der Waals surface area contributed by atoms with E-state index in [1.165, 1.54) is 0 Å². The van der Waals surface area contributed by atoms with Crippen molar-refractivity contribution >= 4 is 39.3 Å². The molecule has 0 heterocycles. The van der Waals surface area contributed by atoms with Crippen LogP contribution in [0.4, 0.5) is 0 Å². The van der Waals surface area contributed by atoms with Gasteiger partial charge < -0.3 is 10.6 Å². The van der Waals surface area contributed by atoms with Crippen molar-refractivity contribution in [2.45, 2.75) is 26.3 Å². The number of carbonyl (C=O) groups is 2. The van der Waals surface area contributed by atoms with E-state index >= 15 is 0 Å². The average molecular weight is 348 g/mol. The maximum Gasteiger partial charge on any atom is 0.252 e. The molecule has 19 heavy (non-hydrogen) atoms. The second-order valence-corrected chi connectivity index (χ2v) is 6.40. The normalized spacial score (nSPS) is 11.0. The standard InChI is InChI=1S/C13H16BrClN2O2/c1-13(2,3)17-11(18)7-16-12(19)9-5-4-8(15)6-10(9)14/h4-6H,7H2,1-3H3,(H,16,19)(H,17,18). The lowest BCUT2D eigenvalue weighted by Gasteiger charge is -2.20. The predicted octanol–water partition coefficient (Wildman–Crippen LogP) is 2.75. The molecule has 0 unspecified atom stereocenters. The summed E-state index contributed by atoms with van der Waals surface area (Å²) in [4.78, 5) is 23.5. The van der Waals surface area contributed by atoms with Gasteiger partial charge in [-0.1, -0.05) is 11.6 Å². The van der Waals surface area contributed by atoms with Crippen LogP contribution < -0.4 is 10.6 Å². The first kappa shape index (κ1) is 16.0. The van der Waals surface area contributed by atoms with Crippen LogP contribution in [-0.4, -0.2) is 23.9 Å². The molecule has 2 amide bonds. The quantitative estimate of drug-likeness (QED) is 0.883. The SMILES string of the molecule is CC(C)(C)NC(=O)CNC(=O)c1ccc(Cl)cc1Br. The molecule has 0 aliphatic rings. The number of halogens is 2. The van der Waals surface area contributed by atoms with Gasteiger partial charge in [-0.2, -0.15) is 0 Å². The molecule has 0 aliphatic heterocycles. The van der Waals surface area contributed by atoms with Crippen molar-refractivity contribution in [1.29, 1.82) is 0 Å². The van der Waals surface area contributed by atoms with Crippen LogP contribution in [-0.2, 0) is 4.79 Å². The Morgan fingerprint density at radius 1 is 1.32 bits per heavy atom. The van der Waals surface area contributed by atoms with Crippen LogP contribution in [0.2, 0.25) is 5.02 Å². The smallest absolute Gasteiger partial charge is 0.252 e. The van der Waals surface area contributed by atoms with Crippen LogP contribution in [0.5, 0.6) is 0 Å². The fourth-order valence-electron chi connectivity index (χ4n) is 1.39. The van der Waals surface area contributed by atoms with E-state index in [1.54, 1.807) is 18.2 Å². The Morgan fingerprint density at radius 3 is 2.47 bits per heavy atom. The number of hydrogen-bond acceptors (Lipinski definition) is 2. The van der Waals surface area contributed by atoms with Gasteiger partial charge in [-0.3, -0.25) is 9.59 Å². The Kier molecular flexibility index (Phi) is 5.38. The molecule has 0 fully saturated rings. The number of nitrogens with one attached hydrogen (secondary N) is 2. The lowest BCUT2D eigenvalue weighted by molar-refractivity contribution is -0.121. The van der Waals surface area contributed by atoms with Gasteiger partial charge in [0.15, 0.2) is 0 Å². The van der Waals surface area contributed by atoms with Gasteiger partial charge in [-0.25, -0.2) is 0 Å². The summed E-state index contributed by atoms with van der Waals surface area (Å²) >= 11 is 9.05. The van der Waals surface area contributed by atoms with Crippen molar-refractivity contribution in [1.82, 2.24) is 10.6 Å². The summed E-state index contributed by atoms with van der Waals surface area (Å²) < 4.78 is 0.591. The summed E-state index contributed by atoms with van der Waals surface area (Å²) in [6.45, 7) is 5.57. The summed E-state index contributed by atoms with van der Waals surface area (Å²) in [5.41, 5.74) is 0.121. The third-order valence-corrected chi connectivity index (χ3v) is 2.99. The first-order valence-electron chi connectivity index (χ1n) is 5.73. The van der Waals surface area contributed by atoms with Crippen LogP contribution in [0.15, 0.2) is 22.7 Å². The van der Waals surface area contributed by atoms with Crippen LogP contribution in [0.25, 0.3) is 0 Å². The Balaban J connectivity index is 2.59. The molecule has 0 aliphatic carbocycles. The van der Waals surface area contributed by atoms with E-state index < -0.39 is 0 Å². The largest absolute Gasteiger partial charge is 0.350 e. The van der Waals surface area contributed by atoms with Gasteiger partial charge in [0.2, 0.25) is 5.91 Å². The van der Waals surface area contributed by atoms with Gasteiger partial charge in [0.25, 0.3) is 5.91 Å². The highest BCUT2D eigenvalue weighted by molar-refractivity contribution is 9.10. The maximum atomic E-state index is 11.9. The van der Waals surface area contributed by atoms with Crippen LogP contribution in [0.3, 0.4) is 0 Å². The minimum Gasteiger partial charge on any atom is -0.350 e. The van der Waals surface area contributed by atoms with Crippen LogP contribution in [0, 0.1) is 0 Å². The van der Waals surface area contributed by atoms with E-state index in [4.69, 9.17) is 11.6 Å². The second kappa shape index (κ2) is 6.39. The van der Waals surface area contributed by atoms with Crippen LogP contribution in [0.1, 0.15) is 31.1 Å². The molecule has 0 atom stereocenters. The molecule has 2 N–H and O–H groups in total. The number of amides is 2. The van der Waals surface area contributed by atoms with Gasteiger partial charge in [0, 0.05) is 15.0 Å². The third kappa shape index (κ3) is 5.61. The van der Waals surface area contributed by atoms with Crippen LogP contribution >= 0.6 is 27.5 Å². The van der Waals surface area contributed by atoms with Crippen molar-refractivity contribution in [3.05, 3.63) is 33.3 Å². The summed E-state index contributed by atoms with van der Waals surface area (Å²) in [7, 11) is 0. The highest BCUT2D eigenvalue weighted by atomic mass is 79.9. The molecular weight excluding hydrogens is 332 g/mol. The molecule has 0 bridgehead atoms. The monoisotopic (exact) mass is 346 g/mol. The fraction of sp³-hybridized carbons (Fsp3) is 0.385. The summed E-state index contributed by atoms with van der Waals surface area (Å²) in [6.07, 6.45) is 0. The molecule has 1 aromatic carbocycles. The zero-order valence-electron chi connectivity index (χ0n) is 11.0. The van der Waals surface area contributed by atoms with Crippen molar-refractivity contribution in [3.63, 3.8) is 0 Å². The fourth-order valence-corrected chi connectivity index (χ4v) is 2.25. The minimum atomic E-state index is -0.326. The number of rotatable bonds is 3. The first-order chi connectivity index (χ1) is 8.69. The highest BCUT2D eigenvalue weighted by Crippen LogP contribution is 2.21. The molecule has 1 rings (SSSR count). The second-order valence-electron chi connectivity index (χ2n) is 5.11. The number of carbonyl (C=O) groups excluding carboxylic acids is 2. The zero-order chi connectivity index (χ0) is 14.6. The summed E-state index contributed by atoms with van der Waals surface area (Å²) in [5, 5.41) is 5.86. The zero-order valence-corrected chi connectivity index (χ0v) is 13.4. The van der Waals surface area contributed by atoms with Gasteiger partial charge >= 0.3 is 0 Å². The topological polar surface area (TPSA) is 58.2 Å². The molecule has 104 valence electrons. The first-order valence-corrected chi connectivity index (χ1v) is 6.90. The van der Waals surface area contributed by atoms with E-state index in [0.29, 0.717) is 15.1 Å². The lowest BCUT2D eigenvalue weighted by atomic mass is 10.1. The number of hydrogen-bond donors (Lipinski definition) is 2. The Morgan fingerprint density at radius 2 is 1.95 bits per heavy atom. The summed E-state index contributed by atoms with van der Waals surface area (Å²) in [5.74, 6) is -0.557. The van der Waals surface area contributed by atoms with E-state index in [-0.39, 0.29) is 23.9 Å². The molecule has 0 aromatic heterocycles. The molecule has 0 spiro atoms. The van der Waals surface area contributed by atoms with Crippen molar-refractivity contribution in [2.75, 3.05) is 6.54 Å². The molecule has 6 heteroatoms. The average Bonchev–Trinajstić information content (AvgIpc) is 2.23. The predicted molar refractivity (Wildman–Crippen MR) is 79.4 cm³/mol. The Labute approximate surface area is 126 Å². The molecular formula is C13H16BrClN2O2. The lowest BCUT2D eigenvalue weighted by Crippen LogP contribution is -2.45. The van der Waals surface area contributed by atoms with Gasteiger partial charge in [0.1, 0.15) is 0 Å². The number of benzene rings is 1. The molecule has 1 aromatic rings. The van der Waals surface area contributed by atoms with Gasteiger partial charge in [0.05, 0.1) is 12.1 Å². The third-order valence-electron chi connectivity index (χ3n) is 2.10. The van der Waals surface area contributed by atoms with Crippen molar-refractivity contribution in [2.24, 2.45) is 0 Å². The molecule has 0 radical (unpaired) electrons. The Bertz CT molecular complexity index is 498. The highest BCUT2D eigenvalue weighted by Gasteiger charge is 2.15. The molecule has 4 nitrogen and oxygen atoms in total. The Hall–Kier alpha value is -1.07.